The highest BCUT2D eigenvalue weighted by Gasteiger charge is 2.33. The molecule has 106 valence electrons. The van der Waals surface area contributed by atoms with Gasteiger partial charge < -0.3 is 10.5 Å². The molecule has 3 nitrogen and oxygen atoms in total. The lowest BCUT2D eigenvalue weighted by Gasteiger charge is -2.28. The molecule has 1 aromatic rings. The van der Waals surface area contributed by atoms with E-state index in [0.717, 1.165) is 25.1 Å². The minimum absolute atomic E-state index is 0.0854. The molecule has 1 aliphatic heterocycles. The molecule has 0 radical (unpaired) electrons. The summed E-state index contributed by atoms with van der Waals surface area (Å²) in [5, 5.41) is 0. The minimum atomic E-state index is -0.322. The van der Waals surface area contributed by atoms with Crippen molar-refractivity contribution in [2.45, 2.75) is 26.3 Å². The Kier molecular flexibility index (Phi) is 4.11. The molecule has 19 heavy (non-hydrogen) atoms. The van der Waals surface area contributed by atoms with Gasteiger partial charge in [0.1, 0.15) is 0 Å². The molecule has 1 atom stereocenters. The van der Waals surface area contributed by atoms with Gasteiger partial charge in [0.05, 0.1) is 7.11 Å². The van der Waals surface area contributed by atoms with Crippen LogP contribution in [0.3, 0.4) is 0 Å². The number of nitrogens with two attached hydrogens (primary N) is 1. The number of hydrogen-bond donors (Lipinski definition) is 1. The number of nitrogens with zero attached hydrogens (tertiary/aromatic N) is 1. The van der Waals surface area contributed by atoms with Crippen LogP contribution in [0.4, 0.5) is 4.39 Å². The lowest BCUT2D eigenvalue weighted by molar-refractivity contribution is 0.223. The second-order valence-corrected chi connectivity index (χ2v) is 6.03. The van der Waals surface area contributed by atoms with Gasteiger partial charge in [-0.15, -0.1) is 0 Å². The number of rotatable bonds is 4. The fraction of sp³-hybridized carbons (Fsp3) is 0.600. The first-order valence-electron chi connectivity index (χ1n) is 6.74. The molecular weight excluding hydrogens is 243 g/mol. The van der Waals surface area contributed by atoms with E-state index in [1.54, 1.807) is 12.1 Å². The normalized spacial score (nSPS) is 20.5. The van der Waals surface area contributed by atoms with Crippen molar-refractivity contribution in [1.29, 1.82) is 0 Å². The van der Waals surface area contributed by atoms with Crippen LogP contribution in [0.25, 0.3) is 0 Å². The standard InChI is InChI=1S/C15H23FN2O/c1-15(2)6-7-18(10-15)13(9-17)11-4-5-14(19-3)12(16)8-11/h4-5,8,13H,6-7,9-10,17H2,1-3H3. The second-order valence-electron chi connectivity index (χ2n) is 6.03. The third kappa shape index (κ3) is 3.07. The number of halogens is 1. The van der Waals surface area contributed by atoms with Crippen molar-refractivity contribution in [3.63, 3.8) is 0 Å². The second kappa shape index (κ2) is 5.47. The molecule has 0 amide bonds. The molecule has 2 N–H and O–H groups in total. The zero-order valence-corrected chi connectivity index (χ0v) is 11.9. The number of hydrogen-bond acceptors (Lipinski definition) is 3. The minimum Gasteiger partial charge on any atom is -0.494 e. The van der Waals surface area contributed by atoms with Crippen molar-refractivity contribution >= 4 is 0 Å². The first-order chi connectivity index (χ1) is 8.96. The van der Waals surface area contributed by atoms with Crippen molar-refractivity contribution in [2.75, 3.05) is 26.7 Å². The van der Waals surface area contributed by atoms with E-state index in [9.17, 15) is 4.39 Å². The van der Waals surface area contributed by atoms with E-state index in [-0.39, 0.29) is 17.6 Å². The highest BCUT2D eigenvalue weighted by Crippen LogP contribution is 2.35. The highest BCUT2D eigenvalue weighted by atomic mass is 19.1. The van der Waals surface area contributed by atoms with E-state index in [1.807, 2.05) is 6.07 Å². The molecule has 1 aliphatic rings. The van der Waals surface area contributed by atoms with Crippen molar-refractivity contribution < 1.29 is 9.13 Å². The fourth-order valence-electron chi connectivity index (χ4n) is 2.81. The number of likely N-dealkylation sites (tertiary alicyclic amines) is 1. The number of methoxy groups -OCH3 is 1. The Morgan fingerprint density at radius 2 is 2.21 bits per heavy atom. The predicted octanol–water partition coefficient (Wildman–Crippen LogP) is 2.57. The Balaban J connectivity index is 2.20. The van der Waals surface area contributed by atoms with Gasteiger partial charge in [-0.2, -0.15) is 0 Å². The average Bonchev–Trinajstić information content (AvgIpc) is 2.71. The molecule has 4 heteroatoms. The van der Waals surface area contributed by atoms with Gasteiger partial charge >= 0.3 is 0 Å². The average molecular weight is 266 g/mol. The van der Waals surface area contributed by atoms with Gasteiger partial charge in [-0.25, -0.2) is 4.39 Å². The van der Waals surface area contributed by atoms with Crippen LogP contribution in [-0.4, -0.2) is 31.6 Å². The van der Waals surface area contributed by atoms with Gasteiger partial charge in [-0.1, -0.05) is 19.9 Å². The van der Waals surface area contributed by atoms with E-state index < -0.39 is 0 Å². The molecule has 0 saturated carbocycles. The SMILES string of the molecule is COc1ccc(C(CN)N2CCC(C)(C)C2)cc1F. The Morgan fingerprint density at radius 1 is 1.47 bits per heavy atom. The third-order valence-electron chi connectivity index (χ3n) is 3.93. The first kappa shape index (κ1) is 14.3. The van der Waals surface area contributed by atoms with Crippen molar-refractivity contribution in [3.05, 3.63) is 29.6 Å². The lowest BCUT2D eigenvalue weighted by Crippen LogP contribution is -2.33. The van der Waals surface area contributed by atoms with Gasteiger partial charge in [0, 0.05) is 19.1 Å². The first-order valence-corrected chi connectivity index (χ1v) is 6.74. The quantitative estimate of drug-likeness (QED) is 0.910. The van der Waals surface area contributed by atoms with Crippen LogP contribution in [0.5, 0.6) is 5.75 Å². The van der Waals surface area contributed by atoms with Crippen LogP contribution >= 0.6 is 0 Å². The lowest BCUT2D eigenvalue weighted by atomic mass is 9.93. The molecule has 1 aromatic carbocycles. The fourth-order valence-corrected chi connectivity index (χ4v) is 2.81. The Morgan fingerprint density at radius 3 is 2.68 bits per heavy atom. The van der Waals surface area contributed by atoms with Crippen LogP contribution in [-0.2, 0) is 0 Å². The highest BCUT2D eigenvalue weighted by molar-refractivity contribution is 5.31. The summed E-state index contributed by atoms with van der Waals surface area (Å²) in [4.78, 5) is 2.35. The Labute approximate surface area is 114 Å². The molecule has 1 unspecified atom stereocenters. The van der Waals surface area contributed by atoms with Gasteiger partial charge in [0.15, 0.2) is 11.6 Å². The Hall–Kier alpha value is -1.13. The van der Waals surface area contributed by atoms with Gasteiger partial charge in [-0.05, 0) is 36.1 Å². The van der Waals surface area contributed by atoms with Gasteiger partial charge in [0.2, 0.25) is 0 Å². The summed E-state index contributed by atoms with van der Waals surface area (Å²) < 4.78 is 18.8. The third-order valence-corrected chi connectivity index (χ3v) is 3.93. The summed E-state index contributed by atoms with van der Waals surface area (Å²) in [7, 11) is 1.47. The van der Waals surface area contributed by atoms with Crippen LogP contribution in [0, 0.1) is 11.2 Å². The molecule has 0 aromatic heterocycles. The van der Waals surface area contributed by atoms with Crippen LogP contribution < -0.4 is 10.5 Å². The smallest absolute Gasteiger partial charge is 0.165 e. The molecular formula is C15H23FN2O. The van der Waals surface area contributed by atoms with E-state index in [0.29, 0.717) is 12.0 Å². The van der Waals surface area contributed by atoms with Crippen LogP contribution in [0.15, 0.2) is 18.2 Å². The number of ether oxygens (including phenoxy) is 1. The van der Waals surface area contributed by atoms with Crippen molar-refractivity contribution in [1.82, 2.24) is 4.90 Å². The summed E-state index contributed by atoms with van der Waals surface area (Å²) in [5.41, 5.74) is 7.15. The predicted molar refractivity (Wildman–Crippen MR) is 74.7 cm³/mol. The molecule has 1 heterocycles. The Bertz CT molecular complexity index is 448. The molecule has 1 fully saturated rings. The number of benzene rings is 1. The maximum atomic E-state index is 13.8. The van der Waals surface area contributed by atoms with Crippen molar-refractivity contribution in [3.8, 4) is 5.75 Å². The molecule has 0 spiro atoms. The molecule has 0 bridgehead atoms. The summed E-state index contributed by atoms with van der Waals surface area (Å²) in [5.74, 6) is -0.0434. The van der Waals surface area contributed by atoms with Crippen LogP contribution in [0.1, 0.15) is 31.9 Å². The maximum absolute atomic E-state index is 13.8. The van der Waals surface area contributed by atoms with Crippen molar-refractivity contribution in [2.24, 2.45) is 11.1 Å². The summed E-state index contributed by atoms with van der Waals surface area (Å²) in [6.45, 7) is 7.04. The topological polar surface area (TPSA) is 38.5 Å². The zero-order chi connectivity index (χ0) is 14.0. The molecule has 0 aliphatic carbocycles. The van der Waals surface area contributed by atoms with E-state index in [2.05, 4.69) is 18.7 Å². The van der Waals surface area contributed by atoms with Gasteiger partial charge in [-0.3, -0.25) is 4.90 Å². The monoisotopic (exact) mass is 266 g/mol. The van der Waals surface area contributed by atoms with E-state index in [4.69, 9.17) is 10.5 Å². The van der Waals surface area contributed by atoms with E-state index >= 15 is 0 Å². The van der Waals surface area contributed by atoms with E-state index in [1.165, 1.54) is 7.11 Å². The summed E-state index contributed by atoms with van der Waals surface area (Å²) in [6.07, 6.45) is 1.15. The van der Waals surface area contributed by atoms with Crippen LogP contribution in [0.2, 0.25) is 0 Å². The largest absolute Gasteiger partial charge is 0.494 e. The zero-order valence-electron chi connectivity index (χ0n) is 11.9. The summed E-state index contributed by atoms with van der Waals surface area (Å²) >= 11 is 0. The maximum Gasteiger partial charge on any atom is 0.165 e. The van der Waals surface area contributed by atoms with Gasteiger partial charge in [0.25, 0.3) is 0 Å². The summed E-state index contributed by atoms with van der Waals surface area (Å²) in [6, 6.07) is 5.21. The molecule has 1 saturated heterocycles. The molecule has 2 rings (SSSR count).